The minimum atomic E-state index is -0.532. The number of carbonyl (C=O) groups excluding carboxylic acids is 4. The summed E-state index contributed by atoms with van der Waals surface area (Å²) in [5.74, 6) is -2.80. The first-order valence-corrected chi connectivity index (χ1v) is 10.7. The van der Waals surface area contributed by atoms with Crippen LogP contribution in [-0.2, 0) is 0 Å². The Bertz CT molecular complexity index is 1410. The first-order valence-electron chi connectivity index (χ1n) is 10.7. The maximum atomic E-state index is 12.2. The number of phenolic OH excluding ortho intramolecular Hbond substituents is 4. The number of ketones is 4. The molecule has 0 saturated heterocycles. The van der Waals surface area contributed by atoms with Gasteiger partial charge in [-0.3, -0.25) is 19.2 Å². The molecule has 8 heteroatoms. The quantitative estimate of drug-likeness (QED) is 0.257. The van der Waals surface area contributed by atoms with E-state index < -0.39 is 11.6 Å². The van der Waals surface area contributed by atoms with Gasteiger partial charge in [-0.2, -0.15) is 0 Å². The van der Waals surface area contributed by atoms with Crippen molar-refractivity contribution in [3.8, 4) is 23.0 Å². The van der Waals surface area contributed by atoms with Crippen LogP contribution in [0.15, 0.2) is 72.8 Å². The zero-order valence-corrected chi connectivity index (χ0v) is 18.4. The molecule has 2 aliphatic carbocycles. The Hall–Kier alpha value is -5.24. The van der Waals surface area contributed by atoms with Crippen LogP contribution in [0, 0.1) is 0 Å². The molecular weight excluding hydrogens is 464 g/mol. The monoisotopic (exact) mass is 480 g/mol. The topological polar surface area (TPSA) is 149 Å². The number of rotatable bonds is 0. The minimum absolute atomic E-state index is 0.0449. The van der Waals surface area contributed by atoms with Gasteiger partial charge in [-0.1, -0.05) is 48.5 Å². The van der Waals surface area contributed by atoms with E-state index in [0.29, 0.717) is 0 Å². The first kappa shape index (κ1) is 22.5. The highest BCUT2D eigenvalue weighted by atomic mass is 16.3. The fourth-order valence-corrected chi connectivity index (χ4v) is 4.41. The van der Waals surface area contributed by atoms with Gasteiger partial charge in [-0.05, 0) is 24.3 Å². The summed E-state index contributed by atoms with van der Waals surface area (Å²) in [6.07, 6.45) is 0. The molecule has 0 unspecified atom stereocenters. The Morgan fingerprint density at radius 3 is 0.778 bits per heavy atom. The van der Waals surface area contributed by atoms with Crippen molar-refractivity contribution in [2.75, 3.05) is 0 Å². The summed E-state index contributed by atoms with van der Waals surface area (Å²) in [5.41, 5.74) is 0.480. The highest BCUT2D eigenvalue weighted by Gasteiger charge is 2.34. The fraction of sp³-hybridized carbons (Fsp3) is 0. The highest BCUT2D eigenvalue weighted by molar-refractivity contribution is 6.31. The van der Waals surface area contributed by atoms with E-state index in [0.717, 1.165) is 0 Å². The average Bonchev–Trinajstić information content (AvgIpc) is 2.86. The predicted molar refractivity (Wildman–Crippen MR) is 126 cm³/mol. The highest BCUT2D eigenvalue weighted by Crippen LogP contribution is 2.37. The second-order valence-electron chi connectivity index (χ2n) is 8.12. The van der Waals surface area contributed by atoms with Crippen molar-refractivity contribution >= 4 is 23.1 Å². The van der Waals surface area contributed by atoms with Crippen molar-refractivity contribution in [3.05, 3.63) is 117 Å². The van der Waals surface area contributed by atoms with E-state index in [1.54, 1.807) is 0 Å². The fourth-order valence-electron chi connectivity index (χ4n) is 4.41. The lowest BCUT2D eigenvalue weighted by molar-refractivity contribution is 0.0974. The van der Waals surface area contributed by atoms with Crippen LogP contribution in [0.1, 0.15) is 63.7 Å². The Kier molecular flexibility index (Phi) is 5.14. The molecular formula is C28H16O8. The number of carbonyl (C=O) groups is 4. The van der Waals surface area contributed by atoms with Crippen LogP contribution in [0.25, 0.3) is 0 Å². The molecule has 0 atom stereocenters. The van der Waals surface area contributed by atoms with Gasteiger partial charge >= 0.3 is 0 Å². The van der Waals surface area contributed by atoms with Crippen molar-refractivity contribution in [1.82, 2.24) is 0 Å². The van der Waals surface area contributed by atoms with Crippen molar-refractivity contribution in [2.24, 2.45) is 0 Å². The number of benzene rings is 4. The summed E-state index contributed by atoms with van der Waals surface area (Å²) in [6, 6.07) is 17.4. The van der Waals surface area contributed by atoms with Gasteiger partial charge < -0.3 is 20.4 Å². The van der Waals surface area contributed by atoms with Crippen molar-refractivity contribution in [1.29, 1.82) is 0 Å². The van der Waals surface area contributed by atoms with Crippen LogP contribution in [0.5, 0.6) is 23.0 Å². The zero-order valence-electron chi connectivity index (χ0n) is 18.4. The second kappa shape index (κ2) is 8.21. The number of phenols is 4. The number of hydrogen-bond acceptors (Lipinski definition) is 8. The second-order valence-corrected chi connectivity index (χ2v) is 8.12. The lowest BCUT2D eigenvalue weighted by Gasteiger charge is -2.18. The van der Waals surface area contributed by atoms with Gasteiger partial charge in [0.05, 0.1) is 22.3 Å². The molecule has 0 aliphatic heterocycles. The van der Waals surface area contributed by atoms with Crippen LogP contribution in [0.3, 0.4) is 0 Å². The molecule has 0 saturated carbocycles. The molecule has 4 aromatic rings. The maximum Gasteiger partial charge on any atom is 0.201 e. The summed E-state index contributed by atoms with van der Waals surface area (Å²) in [7, 11) is 0. The molecule has 0 aromatic heterocycles. The molecule has 4 aromatic carbocycles. The van der Waals surface area contributed by atoms with Gasteiger partial charge in [0.2, 0.25) is 11.6 Å². The van der Waals surface area contributed by atoms with E-state index in [2.05, 4.69) is 0 Å². The molecule has 0 bridgehead atoms. The van der Waals surface area contributed by atoms with Crippen molar-refractivity contribution in [2.45, 2.75) is 0 Å². The van der Waals surface area contributed by atoms with Crippen LogP contribution >= 0.6 is 0 Å². The van der Waals surface area contributed by atoms with Crippen LogP contribution in [0.4, 0.5) is 0 Å². The molecule has 36 heavy (non-hydrogen) atoms. The summed E-state index contributed by atoms with van der Waals surface area (Å²) in [6.45, 7) is 0. The third-order valence-corrected chi connectivity index (χ3v) is 6.06. The van der Waals surface area contributed by atoms with E-state index in [9.17, 15) is 39.6 Å². The largest absolute Gasteiger partial charge is 0.507 e. The van der Waals surface area contributed by atoms with E-state index >= 15 is 0 Å². The van der Waals surface area contributed by atoms with Gasteiger partial charge in [0.25, 0.3) is 0 Å². The summed E-state index contributed by atoms with van der Waals surface area (Å²) < 4.78 is 0. The van der Waals surface area contributed by atoms with Crippen LogP contribution in [-0.4, -0.2) is 43.6 Å². The normalized spacial score (nSPS) is 13.1. The smallest absolute Gasteiger partial charge is 0.201 e. The molecule has 176 valence electrons. The summed E-state index contributed by atoms with van der Waals surface area (Å²) in [4.78, 5) is 48.8. The molecule has 2 aliphatic rings. The third kappa shape index (κ3) is 3.24. The molecule has 0 spiro atoms. The molecule has 0 amide bonds. The van der Waals surface area contributed by atoms with E-state index in [1.165, 1.54) is 72.8 Å². The number of fused-ring (bicyclic) bond motifs is 4. The summed E-state index contributed by atoms with van der Waals surface area (Å²) in [5, 5.41) is 38.8. The van der Waals surface area contributed by atoms with Gasteiger partial charge in [-0.25, -0.2) is 0 Å². The van der Waals surface area contributed by atoms with E-state index in [4.69, 9.17) is 0 Å². The Labute approximate surface area is 203 Å². The third-order valence-electron chi connectivity index (χ3n) is 6.06. The van der Waals surface area contributed by atoms with Crippen molar-refractivity contribution < 1.29 is 39.6 Å². The lowest BCUT2D eigenvalue weighted by atomic mass is 9.83. The van der Waals surface area contributed by atoms with Gasteiger partial charge in [0.15, 0.2) is 11.6 Å². The standard InChI is InChI=1S/2C14H8O4/c2*15-9-5-1-3-7-11(9)14(18)12-8(13(7)17)4-2-6-10(12)16/h2*1-6,15-16H. The molecule has 0 fully saturated rings. The number of hydrogen-bond donors (Lipinski definition) is 4. The Morgan fingerprint density at radius 1 is 0.333 bits per heavy atom. The molecule has 0 radical (unpaired) electrons. The molecule has 6 rings (SSSR count). The molecule has 8 nitrogen and oxygen atoms in total. The van der Waals surface area contributed by atoms with E-state index in [-0.39, 0.29) is 79.1 Å². The Balaban J connectivity index is 0.000000148. The SMILES string of the molecule is O=C1c2cccc(O)c2C(=O)c2c(O)cccc21.O=C1c2cccc(O)c2C(=O)c2c(O)cccc21. The van der Waals surface area contributed by atoms with E-state index in [1.807, 2.05) is 0 Å². The van der Waals surface area contributed by atoms with Gasteiger partial charge in [0.1, 0.15) is 23.0 Å². The first-order chi connectivity index (χ1) is 17.2. The van der Waals surface area contributed by atoms with Gasteiger partial charge in [0, 0.05) is 22.3 Å². The van der Waals surface area contributed by atoms with Gasteiger partial charge in [-0.15, -0.1) is 0 Å². The average molecular weight is 480 g/mol. The summed E-state index contributed by atoms with van der Waals surface area (Å²) >= 11 is 0. The van der Waals surface area contributed by atoms with Crippen molar-refractivity contribution in [3.63, 3.8) is 0 Å². The molecule has 0 heterocycles. The predicted octanol–water partition coefficient (Wildman–Crippen LogP) is 3.75. The minimum Gasteiger partial charge on any atom is -0.507 e. The lowest BCUT2D eigenvalue weighted by Crippen LogP contribution is -2.20. The maximum absolute atomic E-state index is 12.2. The van der Waals surface area contributed by atoms with Crippen LogP contribution in [0.2, 0.25) is 0 Å². The number of aromatic hydroxyl groups is 4. The van der Waals surface area contributed by atoms with Crippen LogP contribution < -0.4 is 0 Å². The molecule has 4 N–H and O–H groups in total. The Morgan fingerprint density at radius 2 is 0.556 bits per heavy atom. The zero-order chi connectivity index (χ0) is 25.7.